The van der Waals surface area contributed by atoms with E-state index in [1.807, 2.05) is 6.07 Å². The van der Waals surface area contributed by atoms with Gasteiger partial charge < -0.3 is 0 Å². The third kappa shape index (κ3) is 1.94. The molecule has 0 spiro atoms. The van der Waals surface area contributed by atoms with Crippen LogP contribution in [0.4, 0.5) is 0 Å². The molecule has 1 rings (SSSR count). The lowest BCUT2D eigenvalue weighted by atomic mass is 10.1. The van der Waals surface area contributed by atoms with E-state index in [1.165, 1.54) is 12.2 Å². The van der Waals surface area contributed by atoms with Gasteiger partial charge in [-0.1, -0.05) is 12.2 Å². The van der Waals surface area contributed by atoms with Crippen molar-refractivity contribution in [2.75, 3.05) is 0 Å². The third-order valence-corrected chi connectivity index (χ3v) is 2.81. The van der Waals surface area contributed by atoms with Crippen molar-refractivity contribution >= 4 is 10.0 Å². The Balaban J connectivity index is 2.82. The Bertz CT molecular complexity index is 373. The van der Waals surface area contributed by atoms with Crippen molar-refractivity contribution in [2.45, 2.75) is 11.7 Å². The highest BCUT2D eigenvalue weighted by Gasteiger charge is 2.19. The average Bonchev–Trinajstić information content (AvgIpc) is 2.03. The fourth-order valence-electron chi connectivity index (χ4n) is 0.927. The van der Waals surface area contributed by atoms with Crippen molar-refractivity contribution < 1.29 is 8.42 Å². The van der Waals surface area contributed by atoms with Gasteiger partial charge in [-0.25, -0.2) is 13.6 Å². The zero-order valence-electron chi connectivity index (χ0n) is 6.27. The van der Waals surface area contributed by atoms with E-state index in [-0.39, 0.29) is 6.42 Å². The van der Waals surface area contributed by atoms with Crippen molar-refractivity contribution in [3.63, 3.8) is 0 Å². The summed E-state index contributed by atoms with van der Waals surface area (Å²) in [6, 6.07) is 1.91. The largest absolute Gasteiger partial charge is 0.228 e. The van der Waals surface area contributed by atoms with Crippen molar-refractivity contribution in [1.29, 1.82) is 5.26 Å². The zero-order valence-corrected chi connectivity index (χ0v) is 7.08. The van der Waals surface area contributed by atoms with Crippen molar-refractivity contribution in [3.05, 3.63) is 23.8 Å². The molecule has 0 aromatic rings. The van der Waals surface area contributed by atoms with Gasteiger partial charge in [0.1, 0.15) is 0 Å². The molecule has 0 bridgehead atoms. The van der Waals surface area contributed by atoms with E-state index >= 15 is 0 Å². The van der Waals surface area contributed by atoms with Gasteiger partial charge in [-0.15, -0.1) is 0 Å². The maximum atomic E-state index is 10.8. The first-order valence-corrected chi connectivity index (χ1v) is 4.95. The molecule has 1 aliphatic rings. The molecule has 0 aromatic heterocycles. The molecule has 5 heteroatoms. The lowest BCUT2D eigenvalue weighted by molar-refractivity contribution is 0.589. The molecule has 12 heavy (non-hydrogen) atoms. The minimum absolute atomic E-state index is 0.290. The molecular weight excluding hydrogens is 176 g/mol. The highest BCUT2D eigenvalue weighted by Crippen LogP contribution is 2.14. The van der Waals surface area contributed by atoms with Crippen LogP contribution in [0, 0.1) is 11.3 Å². The predicted molar refractivity (Wildman–Crippen MR) is 44.3 cm³/mol. The van der Waals surface area contributed by atoms with E-state index in [0.29, 0.717) is 5.57 Å². The average molecular weight is 184 g/mol. The van der Waals surface area contributed by atoms with Gasteiger partial charge in [0, 0.05) is 5.57 Å². The lowest BCUT2D eigenvalue weighted by Crippen LogP contribution is -2.27. The Morgan fingerprint density at radius 1 is 1.67 bits per heavy atom. The molecule has 1 unspecified atom stereocenters. The summed E-state index contributed by atoms with van der Waals surface area (Å²) < 4.78 is 21.6. The highest BCUT2D eigenvalue weighted by atomic mass is 32.2. The SMILES string of the molecule is N#CC1=CCC(S(N)(=O)=O)C=C1. The van der Waals surface area contributed by atoms with Crippen molar-refractivity contribution in [2.24, 2.45) is 5.14 Å². The van der Waals surface area contributed by atoms with Gasteiger partial charge in [0.05, 0.1) is 11.3 Å². The van der Waals surface area contributed by atoms with Gasteiger partial charge in [0.25, 0.3) is 0 Å². The normalized spacial score (nSPS) is 23.0. The molecule has 0 heterocycles. The van der Waals surface area contributed by atoms with Gasteiger partial charge in [0.2, 0.25) is 10.0 Å². The molecule has 1 aliphatic carbocycles. The summed E-state index contributed by atoms with van der Waals surface area (Å²) in [6.45, 7) is 0. The lowest BCUT2D eigenvalue weighted by Gasteiger charge is -2.10. The van der Waals surface area contributed by atoms with Crippen LogP contribution in [-0.2, 0) is 10.0 Å². The van der Waals surface area contributed by atoms with E-state index in [9.17, 15) is 8.42 Å². The smallest absolute Gasteiger partial charge is 0.215 e. The van der Waals surface area contributed by atoms with Crippen LogP contribution in [-0.4, -0.2) is 13.7 Å². The Kier molecular flexibility index (Phi) is 2.31. The number of nitrogens with two attached hydrogens (primary N) is 1. The van der Waals surface area contributed by atoms with Crippen LogP contribution in [0.1, 0.15) is 6.42 Å². The molecule has 0 saturated carbocycles. The summed E-state index contributed by atoms with van der Waals surface area (Å²) in [7, 11) is -3.50. The number of hydrogen-bond acceptors (Lipinski definition) is 3. The number of nitriles is 1. The molecular formula is C7H8N2O2S. The Morgan fingerprint density at radius 2 is 2.33 bits per heavy atom. The number of rotatable bonds is 1. The molecule has 0 aromatic carbocycles. The second kappa shape index (κ2) is 3.09. The van der Waals surface area contributed by atoms with Crippen LogP contribution in [0.3, 0.4) is 0 Å². The topological polar surface area (TPSA) is 83.9 Å². The fourth-order valence-corrected chi connectivity index (χ4v) is 1.59. The van der Waals surface area contributed by atoms with E-state index < -0.39 is 15.3 Å². The Morgan fingerprint density at radius 3 is 2.67 bits per heavy atom. The number of primary sulfonamides is 1. The minimum atomic E-state index is -3.50. The van der Waals surface area contributed by atoms with Gasteiger partial charge in [-0.05, 0) is 12.5 Å². The molecule has 64 valence electrons. The summed E-state index contributed by atoms with van der Waals surface area (Å²) in [5, 5.41) is 12.7. The van der Waals surface area contributed by atoms with Gasteiger partial charge in [0.15, 0.2) is 0 Å². The first-order chi connectivity index (χ1) is 5.54. The van der Waals surface area contributed by atoms with E-state index in [0.717, 1.165) is 0 Å². The zero-order chi connectivity index (χ0) is 9.19. The van der Waals surface area contributed by atoms with Crippen LogP contribution in [0.5, 0.6) is 0 Å². The molecule has 0 radical (unpaired) electrons. The number of nitrogens with zero attached hydrogens (tertiary/aromatic N) is 1. The monoisotopic (exact) mass is 184 g/mol. The van der Waals surface area contributed by atoms with Crippen LogP contribution >= 0.6 is 0 Å². The summed E-state index contributed by atoms with van der Waals surface area (Å²) in [5.74, 6) is 0. The van der Waals surface area contributed by atoms with E-state index in [2.05, 4.69) is 0 Å². The molecule has 1 atom stereocenters. The molecule has 0 fully saturated rings. The molecule has 2 N–H and O–H groups in total. The second-order valence-corrected chi connectivity index (χ2v) is 4.28. The third-order valence-electron chi connectivity index (χ3n) is 1.61. The van der Waals surface area contributed by atoms with Crippen LogP contribution in [0.25, 0.3) is 0 Å². The van der Waals surface area contributed by atoms with Crippen LogP contribution < -0.4 is 5.14 Å². The number of hydrogen-bond donors (Lipinski definition) is 1. The highest BCUT2D eigenvalue weighted by molar-refractivity contribution is 7.89. The Labute approximate surface area is 71.0 Å². The van der Waals surface area contributed by atoms with Gasteiger partial charge in [-0.3, -0.25) is 0 Å². The van der Waals surface area contributed by atoms with Crippen LogP contribution in [0.15, 0.2) is 23.8 Å². The van der Waals surface area contributed by atoms with Crippen molar-refractivity contribution in [1.82, 2.24) is 0 Å². The summed E-state index contributed by atoms with van der Waals surface area (Å²) in [6.07, 6.45) is 4.76. The quantitative estimate of drug-likeness (QED) is 0.625. The van der Waals surface area contributed by atoms with Gasteiger partial charge in [-0.2, -0.15) is 5.26 Å². The minimum Gasteiger partial charge on any atom is -0.228 e. The Hall–Kier alpha value is -1.12. The summed E-state index contributed by atoms with van der Waals surface area (Å²) >= 11 is 0. The maximum absolute atomic E-state index is 10.8. The van der Waals surface area contributed by atoms with E-state index in [4.69, 9.17) is 10.4 Å². The van der Waals surface area contributed by atoms with Gasteiger partial charge >= 0.3 is 0 Å². The molecule has 0 aliphatic heterocycles. The number of sulfonamides is 1. The van der Waals surface area contributed by atoms with Crippen molar-refractivity contribution in [3.8, 4) is 6.07 Å². The summed E-state index contributed by atoms with van der Waals surface area (Å²) in [5.41, 5.74) is 0.481. The standard InChI is InChI=1S/C7H8N2O2S/c8-5-6-1-3-7(4-2-6)12(9,10)11/h1-3,7H,4H2,(H2,9,10,11). The second-order valence-electron chi connectivity index (χ2n) is 2.49. The molecule has 0 saturated heterocycles. The fraction of sp³-hybridized carbons (Fsp3) is 0.286. The summed E-state index contributed by atoms with van der Waals surface area (Å²) in [4.78, 5) is 0. The molecule has 0 amide bonds. The van der Waals surface area contributed by atoms with E-state index in [1.54, 1.807) is 6.08 Å². The van der Waals surface area contributed by atoms with Crippen LogP contribution in [0.2, 0.25) is 0 Å². The first kappa shape index (κ1) is 8.97. The molecule has 4 nitrogen and oxygen atoms in total. The number of allylic oxidation sites excluding steroid dienone is 3. The first-order valence-electron chi connectivity index (χ1n) is 3.34. The predicted octanol–water partition coefficient (Wildman–Crippen LogP) is 0.0534. The maximum Gasteiger partial charge on any atom is 0.215 e.